The fraction of sp³-hybridized carbons (Fsp3) is 0.174. The monoisotopic (exact) mass is 385 g/mol. The summed E-state index contributed by atoms with van der Waals surface area (Å²) < 4.78 is 0. The van der Waals surface area contributed by atoms with E-state index < -0.39 is 18.1 Å². The number of aromatic nitrogens is 1. The maximum Gasteiger partial charge on any atom is 0.266 e. The molecule has 3 aromatic rings. The summed E-state index contributed by atoms with van der Waals surface area (Å²) in [4.78, 5) is 38.3. The van der Waals surface area contributed by atoms with Crippen LogP contribution in [0.4, 0.5) is 11.4 Å². The molecule has 1 aromatic heterocycles. The van der Waals surface area contributed by atoms with E-state index in [0.29, 0.717) is 5.69 Å². The number of carbonyl (C=O) groups is 2. The van der Waals surface area contributed by atoms with Crippen LogP contribution in [0.2, 0.25) is 0 Å². The van der Waals surface area contributed by atoms with Crippen LogP contribution < -0.4 is 9.96 Å². The smallest absolute Gasteiger partial charge is 0.266 e. The molecular formula is C23H19N3O3. The SMILES string of the molecule is Cc1ccccc1N1C(=O)[C@@H]2[C@H](ON(c3ccccc3)[C@H]2c2cccnc2)C1=O. The van der Waals surface area contributed by atoms with Gasteiger partial charge in [0, 0.05) is 12.4 Å². The molecule has 2 aliphatic rings. The van der Waals surface area contributed by atoms with Crippen LogP contribution in [0.5, 0.6) is 0 Å². The van der Waals surface area contributed by atoms with Crippen molar-refractivity contribution in [3.8, 4) is 0 Å². The van der Waals surface area contributed by atoms with E-state index in [-0.39, 0.29) is 11.8 Å². The molecule has 2 saturated heterocycles. The molecule has 29 heavy (non-hydrogen) atoms. The molecule has 0 aliphatic carbocycles. The summed E-state index contributed by atoms with van der Waals surface area (Å²) in [5.74, 6) is -1.23. The third kappa shape index (κ3) is 2.72. The summed E-state index contributed by atoms with van der Waals surface area (Å²) in [6.45, 7) is 1.89. The first-order valence-electron chi connectivity index (χ1n) is 9.51. The van der Waals surface area contributed by atoms with Gasteiger partial charge in [-0.25, -0.2) is 9.96 Å². The van der Waals surface area contributed by atoms with Crippen LogP contribution in [0.3, 0.4) is 0 Å². The Morgan fingerprint density at radius 2 is 1.66 bits per heavy atom. The lowest BCUT2D eigenvalue weighted by atomic mass is 9.91. The van der Waals surface area contributed by atoms with Gasteiger partial charge in [-0.3, -0.25) is 19.4 Å². The van der Waals surface area contributed by atoms with Gasteiger partial charge in [0.25, 0.3) is 5.91 Å². The Hall–Kier alpha value is -3.51. The number of nitrogens with zero attached hydrogens (tertiary/aromatic N) is 3. The fourth-order valence-corrected chi connectivity index (χ4v) is 4.15. The van der Waals surface area contributed by atoms with Crippen LogP contribution in [-0.2, 0) is 14.4 Å². The molecule has 0 radical (unpaired) electrons. The highest BCUT2D eigenvalue weighted by Crippen LogP contribution is 2.47. The third-order valence-corrected chi connectivity index (χ3v) is 5.51. The number of hydroxylamine groups is 1. The highest BCUT2D eigenvalue weighted by molar-refractivity contribution is 6.24. The van der Waals surface area contributed by atoms with Gasteiger partial charge in [0.1, 0.15) is 5.92 Å². The molecule has 5 rings (SSSR count). The lowest BCUT2D eigenvalue weighted by molar-refractivity contribution is -0.126. The first kappa shape index (κ1) is 17.6. The number of imide groups is 1. The van der Waals surface area contributed by atoms with E-state index in [0.717, 1.165) is 16.8 Å². The summed E-state index contributed by atoms with van der Waals surface area (Å²) in [5, 5.41) is 1.68. The van der Waals surface area contributed by atoms with E-state index in [1.807, 2.05) is 67.6 Å². The Kier molecular flexibility index (Phi) is 4.14. The minimum absolute atomic E-state index is 0.249. The van der Waals surface area contributed by atoms with Gasteiger partial charge in [0.05, 0.1) is 17.4 Å². The van der Waals surface area contributed by atoms with E-state index in [9.17, 15) is 9.59 Å². The van der Waals surface area contributed by atoms with Gasteiger partial charge in [-0.15, -0.1) is 0 Å². The lowest BCUT2D eigenvalue weighted by Gasteiger charge is -2.28. The van der Waals surface area contributed by atoms with Crippen LogP contribution in [-0.4, -0.2) is 22.9 Å². The van der Waals surface area contributed by atoms with Crippen LogP contribution in [0, 0.1) is 12.8 Å². The largest absolute Gasteiger partial charge is 0.273 e. The highest BCUT2D eigenvalue weighted by Gasteiger charge is 2.60. The molecule has 0 unspecified atom stereocenters. The molecule has 0 bridgehead atoms. The fourth-order valence-electron chi connectivity index (χ4n) is 4.15. The van der Waals surface area contributed by atoms with E-state index in [2.05, 4.69) is 4.98 Å². The van der Waals surface area contributed by atoms with Crippen molar-refractivity contribution in [3.63, 3.8) is 0 Å². The summed E-state index contributed by atoms with van der Waals surface area (Å²) in [6.07, 6.45) is 2.54. The predicted octanol–water partition coefficient (Wildman–Crippen LogP) is 3.44. The first-order valence-corrected chi connectivity index (χ1v) is 9.51. The van der Waals surface area contributed by atoms with Crippen LogP contribution in [0.15, 0.2) is 79.1 Å². The van der Waals surface area contributed by atoms with E-state index >= 15 is 0 Å². The van der Waals surface area contributed by atoms with Gasteiger partial charge >= 0.3 is 0 Å². The van der Waals surface area contributed by atoms with Crippen molar-refractivity contribution in [2.75, 3.05) is 9.96 Å². The molecule has 0 saturated carbocycles. The molecule has 144 valence electrons. The lowest BCUT2D eigenvalue weighted by Crippen LogP contribution is -2.37. The topological polar surface area (TPSA) is 62.7 Å². The zero-order chi connectivity index (χ0) is 20.0. The van der Waals surface area contributed by atoms with Gasteiger partial charge < -0.3 is 0 Å². The van der Waals surface area contributed by atoms with Gasteiger partial charge in [-0.05, 0) is 42.3 Å². The Labute approximate surface area is 168 Å². The maximum absolute atomic E-state index is 13.5. The van der Waals surface area contributed by atoms with Gasteiger partial charge in [-0.2, -0.15) is 0 Å². The quantitative estimate of drug-likeness (QED) is 0.647. The Morgan fingerprint density at radius 1 is 0.897 bits per heavy atom. The van der Waals surface area contributed by atoms with Crippen LogP contribution >= 0.6 is 0 Å². The average molecular weight is 385 g/mol. The number of pyridine rings is 1. The summed E-state index contributed by atoms with van der Waals surface area (Å²) in [5.41, 5.74) is 3.10. The summed E-state index contributed by atoms with van der Waals surface area (Å²) in [7, 11) is 0. The zero-order valence-corrected chi connectivity index (χ0v) is 15.8. The number of rotatable bonds is 3. The number of anilines is 2. The molecule has 0 N–H and O–H groups in total. The van der Waals surface area contributed by atoms with Crippen molar-refractivity contribution < 1.29 is 14.4 Å². The molecule has 2 amide bonds. The Morgan fingerprint density at radius 3 is 2.38 bits per heavy atom. The first-order chi connectivity index (χ1) is 14.2. The normalized spacial score (nSPS) is 23.6. The van der Waals surface area contributed by atoms with Gasteiger partial charge in [0.15, 0.2) is 6.10 Å². The van der Waals surface area contributed by atoms with Crippen molar-refractivity contribution >= 4 is 23.2 Å². The summed E-state index contributed by atoms with van der Waals surface area (Å²) >= 11 is 0. The Balaban J connectivity index is 1.60. The minimum atomic E-state index is -0.868. The number of aryl methyl sites for hydroxylation is 1. The van der Waals surface area contributed by atoms with Crippen molar-refractivity contribution in [3.05, 3.63) is 90.3 Å². The molecule has 2 aromatic carbocycles. The van der Waals surface area contributed by atoms with Crippen LogP contribution in [0.1, 0.15) is 17.2 Å². The van der Waals surface area contributed by atoms with Crippen molar-refractivity contribution in [1.29, 1.82) is 0 Å². The standard InChI is InChI=1S/C23H19N3O3/c1-15-8-5-6-12-18(15)25-22(27)19-20(16-9-7-13-24-14-16)26(29-21(19)23(25)28)17-10-3-2-4-11-17/h2-14,19-21H,1H3/t19-,20-,21-/m0/s1. The number of para-hydroxylation sites is 2. The molecule has 2 fully saturated rings. The van der Waals surface area contributed by atoms with Gasteiger partial charge in [-0.1, -0.05) is 42.5 Å². The Bertz CT molecular complexity index is 1070. The molecular weight excluding hydrogens is 366 g/mol. The number of amides is 2. The number of carbonyl (C=O) groups excluding carboxylic acids is 2. The second-order valence-electron chi connectivity index (χ2n) is 7.24. The maximum atomic E-state index is 13.5. The zero-order valence-electron chi connectivity index (χ0n) is 15.8. The number of hydrogen-bond donors (Lipinski definition) is 0. The molecule has 0 spiro atoms. The van der Waals surface area contributed by atoms with E-state index in [1.165, 1.54) is 4.90 Å². The van der Waals surface area contributed by atoms with E-state index in [4.69, 9.17) is 4.84 Å². The average Bonchev–Trinajstić information content (AvgIpc) is 3.26. The number of benzene rings is 2. The summed E-state index contributed by atoms with van der Waals surface area (Å²) in [6, 6.07) is 20.2. The molecule has 3 atom stereocenters. The second kappa shape index (κ2) is 6.83. The molecule has 6 nitrogen and oxygen atoms in total. The number of hydrogen-bond acceptors (Lipinski definition) is 5. The van der Waals surface area contributed by atoms with Crippen molar-refractivity contribution in [1.82, 2.24) is 4.98 Å². The third-order valence-electron chi connectivity index (χ3n) is 5.51. The predicted molar refractivity (Wildman–Crippen MR) is 108 cm³/mol. The number of fused-ring (bicyclic) bond motifs is 1. The molecule has 6 heteroatoms. The minimum Gasteiger partial charge on any atom is -0.273 e. The van der Waals surface area contributed by atoms with Crippen LogP contribution in [0.25, 0.3) is 0 Å². The van der Waals surface area contributed by atoms with Gasteiger partial charge in [0.2, 0.25) is 5.91 Å². The van der Waals surface area contributed by atoms with Crippen molar-refractivity contribution in [2.45, 2.75) is 19.1 Å². The van der Waals surface area contributed by atoms with Crippen molar-refractivity contribution in [2.24, 2.45) is 5.92 Å². The molecule has 3 heterocycles. The highest BCUT2D eigenvalue weighted by atomic mass is 16.7. The molecule has 2 aliphatic heterocycles. The second-order valence-corrected chi connectivity index (χ2v) is 7.24. The van der Waals surface area contributed by atoms with E-state index in [1.54, 1.807) is 23.5 Å².